The molecule has 1 N–H and O–H groups in total. The molecule has 0 aliphatic carbocycles. The quantitative estimate of drug-likeness (QED) is 0.440. The van der Waals surface area contributed by atoms with Crippen molar-refractivity contribution in [3.63, 3.8) is 0 Å². The molecule has 4 rings (SSSR count). The van der Waals surface area contributed by atoms with Crippen molar-refractivity contribution in [2.24, 2.45) is 0 Å². The Balaban J connectivity index is 1.58. The zero-order valence-electron chi connectivity index (χ0n) is 17.5. The summed E-state index contributed by atoms with van der Waals surface area (Å²) < 4.78 is 46.0. The van der Waals surface area contributed by atoms with Crippen molar-refractivity contribution in [3.05, 3.63) is 90.0 Å². The van der Waals surface area contributed by atoms with E-state index in [4.69, 9.17) is 4.74 Å². The highest BCUT2D eigenvalue weighted by Crippen LogP contribution is 2.32. The zero-order chi connectivity index (χ0) is 23.4. The monoisotopic (exact) mass is 452 g/mol. The molecule has 0 radical (unpaired) electrons. The molecule has 9 heteroatoms. The minimum absolute atomic E-state index is 0.0163. The van der Waals surface area contributed by atoms with Gasteiger partial charge < -0.3 is 10.1 Å². The Bertz CT molecular complexity index is 1250. The average molecular weight is 452 g/mol. The first kappa shape index (κ1) is 22.1. The summed E-state index contributed by atoms with van der Waals surface area (Å²) in [5, 5.41) is 7.05. The van der Waals surface area contributed by atoms with Gasteiger partial charge in [0.05, 0.1) is 24.8 Å². The van der Waals surface area contributed by atoms with E-state index >= 15 is 0 Å². The molecular weight excluding hydrogens is 433 g/mol. The lowest BCUT2D eigenvalue weighted by Crippen LogP contribution is -2.14. The van der Waals surface area contributed by atoms with Gasteiger partial charge in [-0.1, -0.05) is 42.5 Å². The van der Waals surface area contributed by atoms with Crippen LogP contribution in [0.15, 0.2) is 78.9 Å². The highest BCUT2D eigenvalue weighted by Gasteiger charge is 2.31. The fourth-order valence-electron chi connectivity index (χ4n) is 3.25. The van der Waals surface area contributed by atoms with Crippen LogP contribution in [0.4, 0.5) is 18.9 Å². The molecule has 0 fully saturated rings. The Labute approximate surface area is 187 Å². The third kappa shape index (κ3) is 5.20. The minimum Gasteiger partial charge on any atom is -0.466 e. The standard InChI is InChI=1S/C24H19F3N4O2/c1-33-23-29-22(17-8-5-9-18(15-17)24(25,26)27)31(30-23)20-12-10-19(11-13-20)28-21(32)14-16-6-3-2-4-7-16/h2-13,15H,14H2,1H3,(H,28,32). The number of ether oxygens (including phenoxy) is 1. The Hall–Kier alpha value is -4.14. The highest BCUT2D eigenvalue weighted by molar-refractivity contribution is 5.92. The van der Waals surface area contributed by atoms with E-state index in [0.717, 1.165) is 17.7 Å². The van der Waals surface area contributed by atoms with Gasteiger partial charge in [-0.05, 0) is 42.0 Å². The summed E-state index contributed by atoms with van der Waals surface area (Å²) in [7, 11) is 1.38. The molecule has 33 heavy (non-hydrogen) atoms. The number of amides is 1. The van der Waals surface area contributed by atoms with Gasteiger partial charge in [-0.15, -0.1) is 5.10 Å². The smallest absolute Gasteiger partial charge is 0.416 e. The van der Waals surface area contributed by atoms with Crippen molar-refractivity contribution in [3.8, 4) is 23.1 Å². The van der Waals surface area contributed by atoms with Crippen molar-refractivity contribution in [2.45, 2.75) is 12.6 Å². The summed E-state index contributed by atoms with van der Waals surface area (Å²) in [5.41, 5.74) is 1.46. The van der Waals surface area contributed by atoms with Crippen LogP contribution in [0.5, 0.6) is 6.01 Å². The molecule has 4 aromatic rings. The topological polar surface area (TPSA) is 69.0 Å². The number of rotatable bonds is 6. The first-order valence-corrected chi connectivity index (χ1v) is 9.96. The van der Waals surface area contributed by atoms with E-state index in [9.17, 15) is 18.0 Å². The van der Waals surface area contributed by atoms with Crippen LogP contribution in [-0.2, 0) is 17.4 Å². The van der Waals surface area contributed by atoms with E-state index in [2.05, 4.69) is 15.4 Å². The van der Waals surface area contributed by atoms with E-state index in [-0.39, 0.29) is 29.7 Å². The number of benzene rings is 3. The molecule has 0 saturated carbocycles. The number of hydrogen-bond acceptors (Lipinski definition) is 4. The Morgan fingerprint density at radius 3 is 2.39 bits per heavy atom. The number of carbonyl (C=O) groups excluding carboxylic acids is 1. The Morgan fingerprint density at radius 1 is 1.00 bits per heavy atom. The molecule has 1 heterocycles. The second kappa shape index (κ2) is 9.15. The maximum atomic E-state index is 13.2. The molecular formula is C24H19F3N4O2. The molecule has 1 amide bonds. The largest absolute Gasteiger partial charge is 0.466 e. The van der Waals surface area contributed by atoms with Gasteiger partial charge >= 0.3 is 12.2 Å². The second-order valence-electron chi connectivity index (χ2n) is 7.17. The molecule has 3 aromatic carbocycles. The second-order valence-corrected chi connectivity index (χ2v) is 7.17. The number of anilines is 1. The van der Waals surface area contributed by atoms with Crippen LogP contribution in [0.25, 0.3) is 17.1 Å². The maximum absolute atomic E-state index is 13.2. The number of halogens is 3. The van der Waals surface area contributed by atoms with Gasteiger partial charge in [0.25, 0.3) is 0 Å². The molecule has 0 aliphatic rings. The molecule has 0 unspecified atom stereocenters. The number of nitrogens with one attached hydrogen (secondary N) is 1. The van der Waals surface area contributed by atoms with Gasteiger partial charge in [0.2, 0.25) is 5.91 Å². The lowest BCUT2D eigenvalue weighted by molar-refractivity contribution is -0.137. The summed E-state index contributed by atoms with van der Waals surface area (Å²) in [4.78, 5) is 16.5. The van der Waals surface area contributed by atoms with Crippen molar-refractivity contribution < 1.29 is 22.7 Å². The van der Waals surface area contributed by atoms with Crippen LogP contribution in [0.1, 0.15) is 11.1 Å². The van der Waals surface area contributed by atoms with Crippen molar-refractivity contribution in [1.82, 2.24) is 14.8 Å². The molecule has 0 aliphatic heterocycles. The van der Waals surface area contributed by atoms with Crippen LogP contribution >= 0.6 is 0 Å². The summed E-state index contributed by atoms with van der Waals surface area (Å²) in [5.74, 6) is 0.0276. The van der Waals surface area contributed by atoms with E-state index in [0.29, 0.717) is 11.4 Å². The number of carbonyl (C=O) groups is 1. The highest BCUT2D eigenvalue weighted by atomic mass is 19.4. The molecule has 1 aromatic heterocycles. The van der Waals surface area contributed by atoms with Gasteiger partial charge in [-0.2, -0.15) is 18.2 Å². The van der Waals surface area contributed by atoms with Crippen LogP contribution in [0.3, 0.4) is 0 Å². The molecule has 0 atom stereocenters. The number of hydrogen-bond donors (Lipinski definition) is 1. The van der Waals surface area contributed by atoms with Gasteiger partial charge in [-0.25, -0.2) is 4.68 Å². The van der Waals surface area contributed by atoms with Crippen LogP contribution < -0.4 is 10.1 Å². The zero-order valence-corrected chi connectivity index (χ0v) is 17.5. The van der Waals surface area contributed by atoms with Gasteiger partial charge in [0.1, 0.15) is 0 Å². The van der Waals surface area contributed by atoms with Crippen LogP contribution in [-0.4, -0.2) is 27.8 Å². The predicted octanol–water partition coefficient (Wildman–Crippen LogP) is 5.14. The predicted molar refractivity (Wildman–Crippen MR) is 117 cm³/mol. The number of nitrogens with zero attached hydrogens (tertiary/aromatic N) is 3. The van der Waals surface area contributed by atoms with Crippen molar-refractivity contribution in [1.29, 1.82) is 0 Å². The van der Waals surface area contributed by atoms with E-state index in [1.807, 2.05) is 30.3 Å². The fourth-order valence-corrected chi connectivity index (χ4v) is 3.25. The van der Waals surface area contributed by atoms with Gasteiger partial charge in [-0.3, -0.25) is 4.79 Å². The molecule has 168 valence electrons. The Morgan fingerprint density at radius 2 is 1.73 bits per heavy atom. The fraction of sp³-hybridized carbons (Fsp3) is 0.125. The van der Waals surface area contributed by atoms with Crippen molar-refractivity contribution >= 4 is 11.6 Å². The maximum Gasteiger partial charge on any atom is 0.416 e. The molecule has 0 bridgehead atoms. The number of alkyl halides is 3. The summed E-state index contributed by atoms with van der Waals surface area (Å²) >= 11 is 0. The van der Waals surface area contributed by atoms with Crippen molar-refractivity contribution in [2.75, 3.05) is 12.4 Å². The average Bonchev–Trinajstić information content (AvgIpc) is 3.24. The summed E-state index contributed by atoms with van der Waals surface area (Å²) in [6.45, 7) is 0. The van der Waals surface area contributed by atoms with Gasteiger partial charge in [0.15, 0.2) is 5.82 Å². The first-order chi connectivity index (χ1) is 15.8. The van der Waals surface area contributed by atoms with Crippen LogP contribution in [0, 0.1) is 0 Å². The van der Waals surface area contributed by atoms with E-state index in [1.165, 1.54) is 23.9 Å². The third-order valence-corrected chi connectivity index (χ3v) is 4.82. The SMILES string of the molecule is COc1nc(-c2cccc(C(F)(F)F)c2)n(-c2ccc(NC(=O)Cc3ccccc3)cc2)n1. The van der Waals surface area contributed by atoms with E-state index in [1.54, 1.807) is 24.3 Å². The Kier molecular flexibility index (Phi) is 6.12. The number of aromatic nitrogens is 3. The van der Waals surface area contributed by atoms with Crippen LogP contribution in [0.2, 0.25) is 0 Å². The van der Waals surface area contributed by atoms with E-state index < -0.39 is 11.7 Å². The third-order valence-electron chi connectivity index (χ3n) is 4.82. The lowest BCUT2D eigenvalue weighted by Gasteiger charge is -2.10. The number of methoxy groups -OCH3 is 1. The summed E-state index contributed by atoms with van der Waals surface area (Å²) in [6, 6.07) is 20.9. The first-order valence-electron chi connectivity index (χ1n) is 9.96. The van der Waals surface area contributed by atoms with Gasteiger partial charge in [0, 0.05) is 11.3 Å². The lowest BCUT2D eigenvalue weighted by atomic mass is 10.1. The molecule has 6 nitrogen and oxygen atoms in total. The molecule has 0 saturated heterocycles. The normalized spacial score (nSPS) is 11.3. The minimum atomic E-state index is -4.48. The molecule has 0 spiro atoms. The summed E-state index contributed by atoms with van der Waals surface area (Å²) in [6.07, 6.45) is -4.24.